The first kappa shape index (κ1) is 24.0. The second kappa shape index (κ2) is 10.8. The number of nitro groups is 1. The third-order valence-electron chi connectivity index (χ3n) is 5.14. The fourth-order valence-electron chi connectivity index (χ4n) is 3.41. The molecule has 0 aliphatic carbocycles. The van der Waals surface area contributed by atoms with Crippen LogP contribution < -0.4 is 10.2 Å². The van der Waals surface area contributed by atoms with Gasteiger partial charge in [0.15, 0.2) is 6.61 Å². The Balaban J connectivity index is 1.60. The van der Waals surface area contributed by atoms with E-state index in [1.54, 1.807) is 24.3 Å². The first-order valence-electron chi connectivity index (χ1n) is 10.2. The van der Waals surface area contributed by atoms with E-state index in [-0.39, 0.29) is 17.8 Å². The Morgan fingerprint density at radius 2 is 1.88 bits per heavy atom. The highest BCUT2D eigenvalue weighted by Crippen LogP contribution is 2.29. The summed E-state index contributed by atoms with van der Waals surface area (Å²) in [5.41, 5.74) is 0.724. The minimum Gasteiger partial charge on any atom is -0.452 e. The Morgan fingerprint density at radius 1 is 1.18 bits per heavy atom. The number of nitrogens with one attached hydrogen (secondary N) is 1. The van der Waals surface area contributed by atoms with Crippen LogP contribution in [0.15, 0.2) is 42.5 Å². The summed E-state index contributed by atoms with van der Waals surface area (Å²) in [5, 5.41) is 14.1. The molecular formula is C22H23ClN4O6. The number of non-ortho nitro benzene ring substituents is 1. The Labute approximate surface area is 195 Å². The molecule has 1 N–H and O–H groups in total. The molecule has 33 heavy (non-hydrogen) atoms. The largest absolute Gasteiger partial charge is 0.452 e. The van der Waals surface area contributed by atoms with Gasteiger partial charge in [-0.1, -0.05) is 23.7 Å². The van der Waals surface area contributed by atoms with Crippen LogP contribution >= 0.6 is 11.6 Å². The van der Waals surface area contributed by atoms with Crippen LogP contribution in [0.25, 0.3) is 0 Å². The van der Waals surface area contributed by atoms with Gasteiger partial charge in [0.1, 0.15) is 0 Å². The Bertz CT molecular complexity index is 1070. The van der Waals surface area contributed by atoms with Crippen LogP contribution in [-0.4, -0.2) is 60.9 Å². The van der Waals surface area contributed by atoms with Crippen molar-refractivity contribution in [3.8, 4) is 0 Å². The Hall–Kier alpha value is -3.66. The molecule has 0 spiro atoms. The van der Waals surface area contributed by atoms with Crippen LogP contribution in [0.5, 0.6) is 0 Å². The van der Waals surface area contributed by atoms with Crippen LogP contribution in [0, 0.1) is 10.1 Å². The monoisotopic (exact) mass is 474 g/mol. The van der Waals surface area contributed by atoms with E-state index in [2.05, 4.69) is 5.32 Å². The predicted octanol–water partition coefficient (Wildman–Crippen LogP) is 3.10. The number of ether oxygens (including phenoxy) is 1. The SMILES string of the molecule is CN(CC(=O)Nc1ccccc1Cl)C(=O)COC(=O)c1cc([N+](=O)[O-])ccc1N1CCCC1. The maximum absolute atomic E-state index is 12.7. The lowest BCUT2D eigenvalue weighted by Crippen LogP contribution is -2.37. The number of halogens is 1. The van der Waals surface area contributed by atoms with Crippen molar-refractivity contribution in [3.63, 3.8) is 0 Å². The molecule has 3 rings (SSSR count). The Kier molecular flexibility index (Phi) is 7.83. The zero-order valence-electron chi connectivity index (χ0n) is 18.0. The van der Waals surface area contributed by atoms with Gasteiger partial charge in [0, 0.05) is 32.3 Å². The molecule has 1 saturated heterocycles. The smallest absolute Gasteiger partial charge is 0.341 e. The van der Waals surface area contributed by atoms with Gasteiger partial charge in [0.05, 0.1) is 33.4 Å². The van der Waals surface area contributed by atoms with Crippen molar-refractivity contribution in [2.24, 2.45) is 0 Å². The van der Waals surface area contributed by atoms with E-state index in [1.165, 1.54) is 19.2 Å². The minimum atomic E-state index is -0.845. The molecule has 2 amide bonds. The molecule has 10 nitrogen and oxygen atoms in total. The predicted molar refractivity (Wildman–Crippen MR) is 123 cm³/mol. The molecule has 174 valence electrons. The molecular weight excluding hydrogens is 452 g/mol. The minimum absolute atomic E-state index is 0.0259. The second-order valence-electron chi connectivity index (χ2n) is 7.51. The normalized spacial score (nSPS) is 12.8. The number of hydrogen-bond donors (Lipinski definition) is 1. The molecule has 0 unspecified atom stereocenters. The van der Waals surface area contributed by atoms with Crippen molar-refractivity contribution in [3.05, 3.63) is 63.2 Å². The molecule has 2 aromatic carbocycles. The maximum atomic E-state index is 12.7. The van der Waals surface area contributed by atoms with E-state index < -0.39 is 29.3 Å². The van der Waals surface area contributed by atoms with Crippen molar-refractivity contribution in [2.45, 2.75) is 12.8 Å². The molecule has 2 aromatic rings. The van der Waals surface area contributed by atoms with E-state index in [0.717, 1.165) is 36.9 Å². The van der Waals surface area contributed by atoms with Crippen LogP contribution in [0.2, 0.25) is 5.02 Å². The van der Waals surface area contributed by atoms with E-state index >= 15 is 0 Å². The standard InChI is InChI=1S/C22H23ClN4O6/c1-25(13-20(28)24-18-7-3-2-6-17(18)23)21(29)14-33-22(30)16-12-15(27(31)32)8-9-19(16)26-10-4-5-11-26/h2-3,6-9,12H,4-5,10-11,13-14H2,1H3,(H,24,28). The first-order chi connectivity index (χ1) is 15.8. The number of hydrogen-bond acceptors (Lipinski definition) is 7. The van der Waals surface area contributed by atoms with Gasteiger partial charge in [0.25, 0.3) is 11.6 Å². The van der Waals surface area contributed by atoms with Crippen LogP contribution in [0.3, 0.4) is 0 Å². The molecule has 0 atom stereocenters. The van der Waals surface area contributed by atoms with Gasteiger partial charge in [-0.05, 0) is 31.0 Å². The molecule has 0 bridgehead atoms. The number of likely N-dealkylation sites (N-methyl/N-ethyl adjacent to an activating group) is 1. The van der Waals surface area contributed by atoms with E-state index in [9.17, 15) is 24.5 Å². The van der Waals surface area contributed by atoms with Crippen molar-refractivity contribution >= 4 is 46.4 Å². The van der Waals surface area contributed by atoms with Gasteiger partial charge in [-0.25, -0.2) is 4.79 Å². The van der Waals surface area contributed by atoms with Crippen molar-refractivity contribution in [1.82, 2.24) is 4.90 Å². The molecule has 0 saturated carbocycles. The second-order valence-corrected chi connectivity index (χ2v) is 7.91. The topological polar surface area (TPSA) is 122 Å². The molecule has 11 heteroatoms. The number of para-hydroxylation sites is 1. The summed E-state index contributed by atoms with van der Waals surface area (Å²) in [6, 6.07) is 10.7. The van der Waals surface area contributed by atoms with Gasteiger partial charge >= 0.3 is 5.97 Å². The average Bonchev–Trinajstić information content (AvgIpc) is 3.33. The quantitative estimate of drug-likeness (QED) is 0.354. The lowest BCUT2D eigenvalue weighted by molar-refractivity contribution is -0.384. The van der Waals surface area contributed by atoms with Gasteiger partial charge in [-0.2, -0.15) is 0 Å². The zero-order chi connectivity index (χ0) is 24.0. The average molecular weight is 475 g/mol. The van der Waals surface area contributed by atoms with Crippen molar-refractivity contribution in [2.75, 3.05) is 43.5 Å². The Morgan fingerprint density at radius 3 is 2.55 bits per heavy atom. The number of anilines is 2. The summed E-state index contributed by atoms with van der Waals surface area (Å²) < 4.78 is 5.13. The number of carbonyl (C=O) groups is 3. The summed E-state index contributed by atoms with van der Waals surface area (Å²) >= 11 is 6.00. The molecule has 0 radical (unpaired) electrons. The number of nitrogens with zero attached hydrogens (tertiary/aromatic N) is 3. The van der Waals surface area contributed by atoms with Crippen molar-refractivity contribution < 1.29 is 24.0 Å². The summed E-state index contributed by atoms with van der Waals surface area (Å²) in [5.74, 6) is -1.92. The number of amides is 2. The maximum Gasteiger partial charge on any atom is 0.341 e. The number of nitro benzene ring substituents is 1. The van der Waals surface area contributed by atoms with Gasteiger partial charge in [0.2, 0.25) is 5.91 Å². The number of rotatable bonds is 8. The van der Waals surface area contributed by atoms with E-state index in [1.807, 2.05) is 4.90 Å². The highest BCUT2D eigenvalue weighted by atomic mass is 35.5. The number of esters is 1. The third kappa shape index (κ3) is 6.19. The first-order valence-corrected chi connectivity index (χ1v) is 10.6. The summed E-state index contributed by atoms with van der Waals surface area (Å²) in [6.45, 7) is 0.550. The molecule has 1 heterocycles. The summed E-state index contributed by atoms with van der Waals surface area (Å²) in [7, 11) is 1.39. The fourth-order valence-corrected chi connectivity index (χ4v) is 3.59. The molecule has 1 fully saturated rings. The van der Waals surface area contributed by atoms with Crippen LogP contribution in [0.4, 0.5) is 17.1 Å². The molecule has 1 aliphatic rings. The zero-order valence-corrected chi connectivity index (χ0v) is 18.7. The molecule has 0 aromatic heterocycles. The fraction of sp³-hybridized carbons (Fsp3) is 0.318. The van der Waals surface area contributed by atoms with E-state index in [4.69, 9.17) is 16.3 Å². The van der Waals surface area contributed by atoms with Gasteiger partial charge in [-0.15, -0.1) is 0 Å². The lowest BCUT2D eigenvalue weighted by Gasteiger charge is -2.21. The molecule has 1 aliphatic heterocycles. The highest BCUT2D eigenvalue weighted by molar-refractivity contribution is 6.33. The van der Waals surface area contributed by atoms with E-state index in [0.29, 0.717) is 16.4 Å². The number of benzene rings is 2. The third-order valence-corrected chi connectivity index (χ3v) is 5.47. The highest BCUT2D eigenvalue weighted by Gasteiger charge is 2.24. The van der Waals surface area contributed by atoms with Crippen molar-refractivity contribution in [1.29, 1.82) is 0 Å². The lowest BCUT2D eigenvalue weighted by atomic mass is 10.1. The van der Waals surface area contributed by atoms with Gasteiger partial charge < -0.3 is 19.9 Å². The summed E-state index contributed by atoms with van der Waals surface area (Å²) in [4.78, 5) is 50.9. The summed E-state index contributed by atoms with van der Waals surface area (Å²) in [6.07, 6.45) is 1.90. The number of carbonyl (C=O) groups excluding carboxylic acids is 3. The van der Waals surface area contributed by atoms with Crippen LogP contribution in [0.1, 0.15) is 23.2 Å². The van der Waals surface area contributed by atoms with Gasteiger partial charge in [-0.3, -0.25) is 19.7 Å². The van der Waals surface area contributed by atoms with Crippen LogP contribution in [-0.2, 0) is 14.3 Å².